The van der Waals surface area contributed by atoms with Crippen LogP contribution in [0, 0.1) is 0 Å². The molecule has 10 heteroatoms. The summed E-state index contributed by atoms with van der Waals surface area (Å²) >= 11 is 0. The summed E-state index contributed by atoms with van der Waals surface area (Å²) in [6.45, 7) is 4.00. The predicted octanol–water partition coefficient (Wildman–Crippen LogP) is 2.81. The molecular weight excluding hydrogens is 474 g/mol. The fourth-order valence-corrected chi connectivity index (χ4v) is 6.80. The number of hydrogen-bond acceptors (Lipinski definition) is 6. The Bertz CT molecular complexity index is 1150. The molecule has 2 aromatic rings. The second-order valence-corrected chi connectivity index (χ2v) is 12.6. The number of likely N-dealkylation sites (N-methyl/N-ethyl adjacent to an activating group) is 1. The summed E-state index contributed by atoms with van der Waals surface area (Å²) in [4.78, 5) is 2.19. The number of hydrogen-bond donors (Lipinski definition) is 0. The molecule has 3 rings (SSSR count). The molecule has 1 aliphatic heterocycles. The zero-order valence-corrected chi connectivity index (χ0v) is 21.8. The van der Waals surface area contributed by atoms with Crippen LogP contribution >= 0.6 is 0 Å². The summed E-state index contributed by atoms with van der Waals surface area (Å²) in [5, 5.41) is 0. The lowest BCUT2D eigenvalue weighted by molar-refractivity contribution is 0.377. The van der Waals surface area contributed by atoms with Crippen LogP contribution in [0.25, 0.3) is 0 Å². The van der Waals surface area contributed by atoms with Gasteiger partial charge in [-0.1, -0.05) is 43.7 Å². The third-order valence-corrected chi connectivity index (χ3v) is 9.95. The monoisotopic (exact) mass is 509 g/mol. The second-order valence-electron chi connectivity index (χ2n) is 8.45. The zero-order valence-electron chi connectivity index (χ0n) is 20.2. The number of piperazine rings is 1. The van der Waals surface area contributed by atoms with Gasteiger partial charge in [0.25, 0.3) is 0 Å². The van der Waals surface area contributed by atoms with Gasteiger partial charge in [0.2, 0.25) is 20.0 Å². The van der Waals surface area contributed by atoms with Crippen molar-refractivity contribution in [2.75, 3.05) is 57.5 Å². The number of anilines is 1. The number of sulfonamides is 2. The maximum atomic E-state index is 13.3. The Morgan fingerprint density at radius 3 is 2.26 bits per heavy atom. The van der Waals surface area contributed by atoms with Gasteiger partial charge in [0, 0.05) is 39.8 Å². The molecular formula is C24H35N3O5S2. The molecule has 0 unspecified atom stereocenters. The molecule has 0 radical (unpaired) electrons. The summed E-state index contributed by atoms with van der Waals surface area (Å²) in [7, 11) is -3.83. The molecule has 0 saturated carbocycles. The lowest BCUT2D eigenvalue weighted by atomic mass is 10.2. The van der Waals surface area contributed by atoms with E-state index in [9.17, 15) is 16.8 Å². The lowest BCUT2D eigenvalue weighted by Crippen LogP contribution is -2.49. The van der Waals surface area contributed by atoms with E-state index in [0.29, 0.717) is 57.0 Å². The van der Waals surface area contributed by atoms with Gasteiger partial charge in [0.05, 0.1) is 23.4 Å². The molecule has 1 saturated heterocycles. The minimum absolute atomic E-state index is 0.163. The van der Waals surface area contributed by atoms with Gasteiger partial charge < -0.3 is 9.64 Å². The SMILES string of the molecule is CCCCS(=O)(=O)N1CCN(c2cc(S(=O)(=O)N(C)CCc3ccccc3)ccc2OC)CC1. The summed E-state index contributed by atoms with van der Waals surface area (Å²) in [5.74, 6) is 0.726. The highest BCUT2D eigenvalue weighted by molar-refractivity contribution is 7.89. The minimum Gasteiger partial charge on any atom is -0.495 e. The summed E-state index contributed by atoms with van der Waals surface area (Å²) in [6, 6.07) is 14.6. The Morgan fingerprint density at radius 1 is 0.971 bits per heavy atom. The number of unbranched alkanes of at least 4 members (excludes halogenated alkanes) is 1. The first kappa shape index (κ1) is 26.5. The Kier molecular flexibility index (Phi) is 8.97. The first-order valence-electron chi connectivity index (χ1n) is 11.6. The van der Waals surface area contributed by atoms with Crippen LogP contribution in [0.15, 0.2) is 53.4 Å². The molecule has 1 heterocycles. The van der Waals surface area contributed by atoms with E-state index in [1.807, 2.05) is 42.2 Å². The Morgan fingerprint density at radius 2 is 1.65 bits per heavy atom. The molecule has 1 aliphatic rings. The lowest BCUT2D eigenvalue weighted by Gasteiger charge is -2.36. The van der Waals surface area contributed by atoms with Crippen LogP contribution < -0.4 is 9.64 Å². The molecule has 0 N–H and O–H groups in total. The second kappa shape index (κ2) is 11.5. The molecule has 0 amide bonds. The number of nitrogens with zero attached hydrogens (tertiary/aromatic N) is 3. The minimum atomic E-state index is -3.69. The highest BCUT2D eigenvalue weighted by atomic mass is 32.2. The first-order valence-corrected chi connectivity index (χ1v) is 14.6. The first-order chi connectivity index (χ1) is 16.2. The van der Waals surface area contributed by atoms with E-state index < -0.39 is 20.0 Å². The van der Waals surface area contributed by atoms with Crippen molar-refractivity contribution >= 4 is 25.7 Å². The third-order valence-electron chi connectivity index (χ3n) is 6.15. The number of rotatable bonds is 11. The highest BCUT2D eigenvalue weighted by Crippen LogP contribution is 2.33. The van der Waals surface area contributed by atoms with Crippen molar-refractivity contribution in [3.8, 4) is 5.75 Å². The fraction of sp³-hybridized carbons (Fsp3) is 0.500. The molecule has 188 valence electrons. The summed E-state index contributed by atoms with van der Waals surface area (Å²) in [6.07, 6.45) is 2.10. The van der Waals surface area contributed by atoms with Crippen molar-refractivity contribution in [3.63, 3.8) is 0 Å². The normalized spacial score (nSPS) is 15.6. The average Bonchev–Trinajstić information content (AvgIpc) is 2.86. The average molecular weight is 510 g/mol. The maximum absolute atomic E-state index is 13.3. The third kappa shape index (κ3) is 6.29. The summed E-state index contributed by atoms with van der Waals surface area (Å²) < 4.78 is 60.0. The molecule has 2 aromatic carbocycles. The van der Waals surface area contributed by atoms with Crippen molar-refractivity contribution in [2.45, 2.75) is 31.1 Å². The van der Waals surface area contributed by atoms with E-state index in [1.54, 1.807) is 32.4 Å². The van der Waals surface area contributed by atoms with Crippen molar-refractivity contribution in [2.24, 2.45) is 0 Å². The molecule has 8 nitrogen and oxygen atoms in total. The van der Waals surface area contributed by atoms with Crippen molar-refractivity contribution in [1.82, 2.24) is 8.61 Å². The fourth-order valence-electron chi connectivity index (χ4n) is 3.97. The molecule has 0 bridgehead atoms. The maximum Gasteiger partial charge on any atom is 0.242 e. The van der Waals surface area contributed by atoms with Crippen LogP contribution in [0.1, 0.15) is 25.3 Å². The van der Waals surface area contributed by atoms with Gasteiger partial charge in [0.15, 0.2) is 0 Å². The molecule has 0 aliphatic carbocycles. The molecule has 1 fully saturated rings. The van der Waals surface area contributed by atoms with Gasteiger partial charge in [-0.15, -0.1) is 0 Å². The van der Waals surface area contributed by atoms with E-state index in [4.69, 9.17) is 4.74 Å². The van der Waals surface area contributed by atoms with E-state index in [2.05, 4.69) is 0 Å². The number of methoxy groups -OCH3 is 1. The van der Waals surface area contributed by atoms with Crippen LogP contribution in [0.2, 0.25) is 0 Å². The van der Waals surface area contributed by atoms with Crippen LogP contribution in [0.3, 0.4) is 0 Å². The zero-order chi connectivity index (χ0) is 24.8. The number of benzene rings is 2. The van der Waals surface area contributed by atoms with Gasteiger partial charge in [0.1, 0.15) is 5.75 Å². The van der Waals surface area contributed by atoms with E-state index in [0.717, 1.165) is 12.0 Å². The van der Waals surface area contributed by atoms with Crippen molar-refractivity contribution in [3.05, 3.63) is 54.1 Å². The standard InChI is InChI=1S/C24H35N3O5S2/c1-4-5-19-33(28,29)27-17-15-26(16-18-27)23-20-22(11-12-24(23)32-3)34(30,31)25(2)14-13-21-9-7-6-8-10-21/h6-12,20H,4-5,13-19H2,1-3H3. The van der Waals surface area contributed by atoms with Gasteiger partial charge in [-0.2, -0.15) is 4.31 Å². The van der Waals surface area contributed by atoms with E-state index in [-0.39, 0.29) is 10.6 Å². The predicted molar refractivity (Wildman–Crippen MR) is 135 cm³/mol. The molecule has 0 aromatic heterocycles. The largest absolute Gasteiger partial charge is 0.495 e. The smallest absolute Gasteiger partial charge is 0.242 e. The Hall–Kier alpha value is -2.14. The topological polar surface area (TPSA) is 87.2 Å². The number of ether oxygens (including phenoxy) is 1. The highest BCUT2D eigenvalue weighted by Gasteiger charge is 2.29. The molecule has 0 spiro atoms. The van der Waals surface area contributed by atoms with E-state index in [1.165, 1.54) is 8.61 Å². The van der Waals surface area contributed by atoms with Crippen LogP contribution in [-0.4, -0.2) is 78.1 Å². The Balaban J connectivity index is 1.74. The van der Waals surface area contributed by atoms with Gasteiger partial charge >= 0.3 is 0 Å². The Labute approximate surface area is 204 Å². The summed E-state index contributed by atoms with van der Waals surface area (Å²) in [5.41, 5.74) is 1.73. The van der Waals surface area contributed by atoms with Gasteiger partial charge in [-0.3, -0.25) is 0 Å². The molecule has 34 heavy (non-hydrogen) atoms. The van der Waals surface area contributed by atoms with Crippen LogP contribution in [-0.2, 0) is 26.5 Å². The van der Waals surface area contributed by atoms with Crippen LogP contribution in [0.5, 0.6) is 5.75 Å². The van der Waals surface area contributed by atoms with Gasteiger partial charge in [-0.25, -0.2) is 21.1 Å². The van der Waals surface area contributed by atoms with Crippen LogP contribution in [0.4, 0.5) is 5.69 Å². The molecule has 0 atom stereocenters. The van der Waals surface area contributed by atoms with Crippen molar-refractivity contribution < 1.29 is 21.6 Å². The van der Waals surface area contributed by atoms with Crippen molar-refractivity contribution in [1.29, 1.82) is 0 Å². The van der Waals surface area contributed by atoms with E-state index >= 15 is 0 Å². The van der Waals surface area contributed by atoms with Gasteiger partial charge in [-0.05, 0) is 36.6 Å². The quantitative estimate of drug-likeness (QED) is 0.463.